The van der Waals surface area contributed by atoms with Crippen molar-refractivity contribution < 1.29 is 0 Å². The van der Waals surface area contributed by atoms with E-state index in [1.807, 2.05) is 61.5 Å². The van der Waals surface area contributed by atoms with Crippen LogP contribution in [-0.2, 0) is 0 Å². The second-order valence-electron chi connectivity index (χ2n) is 6.73. The average Bonchev–Trinajstić information content (AvgIpc) is 2.70. The number of rotatable bonds is 7. The van der Waals surface area contributed by atoms with Gasteiger partial charge in [0.2, 0.25) is 5.95 Å². The van der Waals surface area contributed by atoms with Gasteiger partial charge in [0.1, 0.15) is 5.82 Å². The number of benzene rings is 2. The molecule has 8 heteroatoms. The number of hydrogen-bond acceptors (Lipinski definition) is 6. The highest BCUT2D eigenvalue weighted by Gasteiger charge is 2.05. The first-order valence-electron chi connectivity index (χ1n) is 9.47. The van der Waals surface area contributed by atoms with Crippen molar-refractivity contribution in [3.05, 3.63) is 76.0 Å². The number of nitrogens with zero attached hydrogens (tertiary/aromatic N) is 3. The summed E-state index contributed by atoms with van der Waals surface area (Å²) in [5, 5.41) is 11.8. The van der Waals surface area contributed by atoms with Gasteiger partial charge in [0.05, 0.1) is 5.52 Å². The van der Waals surface area contributed by atoms with Gasteiger partial charge >= 0.3 is 0 Å². The minimum Gasteiger partial charge on any atom is -0.383 e. The van der Waals surface area contributed by atoms with E-state index in [0.717, 1.165) is 44.8 Å². The molecule has 0 amide bonds. The van der Waals surface area contributed by atoms with Crippen molar-refractivity contribution in [2.24, 2.45) is 0 Å². The molecule has 2 aromatic heterocycles. The van der Waals surface area contributed by atoms with Gasteiger partial charge in [-0.1, -0.05) is 33.6 Å². The monoisotopic (exact) mass is 482 g/mol. The largest absolute Gasteiger partial charge is 0.383 e. The van der Waals surface area contributed by atoms with Gasteiger partial charge in [-0.15, -0.1) is 0 Å². The number of aryl methyl sites for hydroxylation is 1. The Kier molecular flexibility index (Phi) is 6.30. The molecule has 0 bridgehead atoms. The van der Waals surface area contributed by atoms with Crippen LogP contribution in [0.4, 0.5) is 23.1 Å². The lowest BCUT2D eigenvalue weighted by molar-refractivity contribution is 1.04. The maximum Gasteiger partial charge on any atom is 0.229 e. The van der Waals surface area contributed by atoms with Crippen LogP contribution in [0.2, 0.25) is 5.02 Å². The van der Waals surface area contributed by atoms with Gasteiger partial charge < -0.3 is 16.0 Å². The Balaban J connectivity index is 1.38. The Labute approximate surface area is 188 Å². The summed E-state index contributed by atoms with van der Waals surface area (Å²) in [5.41, 5.74) is 3.70. The zero-order chi connectivity index (χ0) is 20.9. The van der Waals surface area contributed by atoms with E-state index >= 15 is 0 Å². The van der Waals surface area contributed by atoms with Gasteiger partial charge in [0.15, 0.2) is 0 Å². The highest BCUT2D eigenvalue weighted by Crippen LogP contribution is 2.24. The molecule has 0 unspecified atom stereocenters. The molecule has 0 aliphatic rings. The molecule has 152 valence electrons. The van der Waals surface area contributed by atoms with Crippen molar-refractivity contribution >= 4 is 61.6 Å². The predicted molar refractivity (Wildman–Crippen MR) is 128 cm³/mol. The van der Waals surface area contributed by atoms with Crippen molar-refractivity contribution in [1.82, 2.24) is 15.0 Å². The van der Waals surface area contributed by atoms with Crippen LogP contribution < -0.4 is 16.0 Å². The maximum absolute atomic E-state index is 6.06. The summed E-state index contributed by atoms with van der Waals surface area (Å²) in [5.74, 6) is 1.33. The lowest BCUT2D eigenvalue weighted by Gasteiger charge is -2.12. The molecule has 4 rings (SSSR count). The summed E-state index contributed by atoms with van der Waals surface area (Å²) in [6.07, 6.45) is 1.78. The lowest BCUT2D eigenvalue weighted by Crippen LogP contribution is -2.15. The number of halogens is 2. The molecule has 6 nitrogen and oxygen atoms in total. The van der Waals surface area contributed by atoms with Crippen LogP contribution in [0.5, 0.6) is 0 Å². The third-order valence-corrected chi connectivity index (χ3v) is 5.11. The minimum atomic E-state index is 0.556. The molecule has 0 saturated heterocycles. The predicted octanol–water partition coefficient (Wildman–Crippen LogP) is 6.02. The van der Waals surface area contributed by atoms with E-state index < -0.39 is 0 Å². The third-order valence-electron chi connectivity index (χ3n) is 4.39. The first kappa shape index (κ1) is 20.4. The third kappa shape index (κ3) is 5.17. The van der Waals surface area contributed by atoms with Crippen molar-refractivity contribution in [3.63, 3.8) is 0 Å². The topological polar surface area (TPSA) is 74.8 Å². The highest BCUT2D eigenvalue weighted by atomic mass is 79.9. The number of hydrogen-bond donors (Lipinski definition) is 3. The van der Waals surface area contributed by atoms with E-state index in [-0.39, 0.29) is 0 Å². The quantitative estimate of drug-likeness (QED) is 0.279. The zero-order valence-corrected chi connectivity index (χ0v) is 18.6. The second-order valence-corrected chi connectivity index (χ2v) is 8.08. The Hall–Kier alpha value is -2.90. The Morgan fingerprint density at radius 3 is 2.70 bits per heavy atom. The molecule has 0 radical (unpaired) electrons. The van der Waals surface area contributed by atoms with Gasteiger partial charge in [-0.3, -0.25) is 4.98 Å². The second kappa shape index (κ2) is 9.28. The van der Waals surface area contributed by atoms with Crippen molar-refractivity contribution in [3.8, 4) is 0 Å². The van der Waals surface area contributed by atoms with Crippen LogP contribution in [0.25, 0.3) is 10.9 Å². The average molecular weight is 484 g/mol. The molecule has 3 N–H and O–H groups in total. The molecular formula is C22H20BrClN6. The SMILES string of the molecule is Cc1cc(NCCNc2ccnc3cc(Cl)ccc23)nc(Nc2cccc(Br)c2)n1. The van der Waals surface area contributed by atoms with Crippen LogP contribution in [0.15, 0.2) is 65.3 Å². The Morgan fingerprint density at radius 1 is 0.967 bits per heavy atom. The molecule has 4 aromatic rings. The fraction of sp³-hybridized carbons (Fsp3) is 0.136. The number of nitrogens with one attached hydrogen (secondary N) is 3. The Morgan fingerprint density at radius 2 is 1.83 bits per heavy atom. The van der Waals surface area contributed by atoms with Crippen LogP contribution >= 0.6 is 27.5 Å². The van der Waals surface area contributed by atoms with Gasteiger partial charge in [0, 0.05) is 57.3 Å². The summed E-state index contributed by atoms with van der Waals surface area (Å²) < 4.78 is 0.996. The molecule has 30 heavy (non-hydrogen) atoms. The fourth-order valence-electron chi connectivity index (χ4n) is 3.07. The van der Waals surface area contributed by atoms with Gasteiger partial charge in [-0.25, -0.2) is 4.98 Å². The van der Waals surface area contributed by atoms with E-state index in [1.54, 1.807) is 6.20 Å². The first-order chi connectivity index (χ1) is 14.6. The molecule has 2 aromatic carbocycles. The number of aromatic nitrogens is 3. The molecule has 0 spiro atoms. The van der Waals surface area contributed by atoms with Crippen LogP contribution in [-0.4, -0.2) is 28.0 Å². The summed E-state index contributed by atoms with van der Waals surface area (Å²) in [4.78, 5) is 13.4. The molecule has 0 saturated carbocycles. The van der Waals surface area contributed by atoms with Gasteiger partial charge in [0.25, 0.3) is 0 Å². The summed E-state index contributed by atoms with van der Waals surface area (Å²) in [6, 6.07) is 17.5. The lowest BCUT2D eigenvalue weighted by atomic mass is 10.2. The zero-order valence-electron chi connectivity index (χ0n) is 16.3. The molecule has 0 aliphatic carbocycles. The van der Waals surface area contributed by atoms with E-state index in [4.69, 9.17) is 11.6 Å². The van der Waals surface area contributed by atoms with Gasteiger partial charge in [-0.05, 0) is 49.4 Å². The first-order valence-corrected chi connectivity index (χ1v) is 10.6. The van der Waals surface area contributed by atoms with Crippen molar-refractivity contribution in [2.75, 3.05) is 29.0 Å². The molecular weight excluding hydrogens is 464 g/mol. The number of pyridine rings is 1. The van der Waals surface area contributed by atoms with E-state index in [9.17, 15) is 0 Å². The molecule has 0 fully saturated rings. The summed E-state index contributed by atoms with van der Waals surface area (Å²) in [7, 11) is 0. The van der Waals surface area contributed by atoms with E-state index in [1.165, 1.54) is 0 Å². The minimum absolute atomic E-state index is 0.556. The number of fused-ring (bicyclic) bond motifs is 1. The van der Waals surface area contributed by atoms with Gasteiger partial charge in [-0.2, -0.15) is 4.98 Å². The highest BCUT2D eigenvalue weighted by molar-refractivity contribution is 9.10. The standard InChI is InChI=1S/C22H20BrClN6/c1-14-11-21(30-22(28-14)29-17-4-2-3-15(23)12-17)27-10-9-26-19-7-8-25-20-13-16(24)5-6-18(19)20/h2-8,11-13H,9-10H2,1H3,(H,25,26)(H2,27,28,29,30). The summed E-state index contributed by atoms with van der Waals surface area (Å²) >= 11 is 9.53. The van der Waals surface area contributed by atoms with Crippen molar-refractivity contribution in [1.29, 1.82) is 0 Å². The normalized spacial score (nSPS) is 10.8. The van der Waals surface area contributed by atoms with E-state index in [0.29, 0.717) is 17.5 Å². The molecule has 0 atom stereocenters. The van der Waals surface area contributed by atoms with Crippen molar-refractivity contribution in [2.45, 2.75) is 6.92 Å². The molecule has 2 heterocycles. The Bertz CT molecular complexity index is 1180. The summed E-state index contributed by atoms with van der Waals surface area (Å²) in [6.45, 7) is 3.37. The molecule has 0 aliphatic heterocycles. The van der Waals surface area contributed by atoms with Crippen LogP contribution in [0, 0.1) is 6.92 Å². The number of anilines is 4. The van der Waals surface area contributed by atoms with Crippen LogP contribution in [0.3, 0.4) is 0 Å². The maximum atomic E-state index is 6.06. The van der Waals surface area contributed by atoms with E-state index in [2.05, 4.69) is 46.8 Å². The van der Waals surface area contributed by atoms with Crippen LogP contribution in [0.1, 0.15) is 5.69 Å². The fourth-order valence-corrected chi connectivity index (χ4v) is 3.64. The smallest absolute Gasteiger partial charge is 0.229 e.